The largest absolute Gasteiger partial charge is 0.416 e. The Bertz CT molecular complexity index is 436. The molecule has 1 atom stereocenters. The minimum absolute atomic E-state index is 0.00631. The van der Waals surface area contributed by atoms with Crippen molar-refractivity contribution in [2.45, 2.75) is 39.9 Å². The molecule has 1 rings (SSSR count). The van der Waals surface area contributed by atoms with E-state index in [0.717, 1.165) is 12.1 Å². The highest BCUT2D eigenvalue weighted by atomic mass is 19.4. The number of hydrogen-bond acceptors (Lipinski definition) is 3. The van der Waals surface area contributed by atoms with Crippen molar-refractivity contribution in [1.29, 1.82) is 0 Å². The van der Waals surface area contributed by atoms with E-state index in [-0.39, 0.29) is 23.1 Å². The van der Waals surface area contributed by atoms with Gasteiger partial charge in [0.15, 0.2) is 0 Å². The van der Waals surface area contributed by atoms with Crippen molar-refractivity contribution < 1.29 is 13.2 Å². The fourth-order valence-corrected chi connectivity index (χ4v) is 1.33. The highest BCUT2D eigenvalue weighted by molar-refractivity contribution is 5.50. The molecule has 2 N–H and O–H groups in total. The first kappa shape index (κ1) is 15.6. The van der Waals surface area contributed by atoms with Crippen LogP contribution in [0.5, 0.6) is 0 Å². The summed E-state index contributed by atoms with van der Waals surface area (Å²) in [6, 6.07) is 2.02. The monoisotopic (exact) mass is 275 g/mol. The second-order valence-electron chi connectivity index (χ2n) is 5.61. The fourth-order valence-electron chi connectivity index (χ4n) is 1.33. The first-order valence-electron chi connectivity index (χ1n) is 6.07. The van der Waals surface area contributed by atoms with Gasteiger partial charge in [-0.1, -0.05) is 20.8 Å². The van der Waals surface area contributed by atoms with E-state index in [2.05, 4.69) is 15.6 Å². The summed E-state index contributed by atoms with van der Waals surface area (Å²) in [7, 11) is 1.54. The highest BCUT2D eigenvalue weighted by Crippen LogP contribution is 2.32. The van der Waals surface area contributed by atoms with Crippen molar-refractivity contribution in [3.8, 4) is 0 Å². The number of aromatic nitrogens is 1. The van der Waals surface area contributed by atoms with Gasteiger partial charge in [0.05, 0.1) is 5.56 Å². The van der Waals surface area contributed by atoms with Crippen LogP contribution >= 0.6 is 0 Å². The maximum Gasteiger partial charge on any atom is 0.416 e. The van der Waals surface area contributed by atoms with Gasteiger partial charge in [-0.25, -0.2) is 4.98 Å². The second-order valence-corrected chi connectivity index (χ2v) is 5.61. The summed E-state index contributed by atoms with van der Waals surface area (Å²) in [6.45, 7) is 7.95. The maximum absolute atomic E-state index is 12.8. The molecule has 0 aliphatic heterocycles. The lowest BCUT2D eigenvalue weighted by atomic mass is 9.88. The van der Waals surface area contributed by atoms with Crippen molar-refractivity contribution in [2.75, 3.05) is 17.7 Å². The van der Waals surface area contributed by atoms with Crippen molar-refractivity contribution in [1.82, 2.24) is 4.98 Å². The van der Waals surface area contributed by atoms with E-state index in [0.29, 0.717) is 0 Å². The Kier molecular flexibility index (Phi) is 4.32. The lowest BCUT2D eigenvalue weighted by Crippen LogP contribution is -2.31. The van der Waals surface area contributed by atoms with Crippen LogP contribution in [0.3, 0.4) is 0 Å². The van der Waals surface area contributed by atoms with Crippen LogP contribution in [0, 0.1) is 5.41 Å². The lowest BCUT2D eigenvalue weighted by Gasteiger charge is -2.28. The zero-order valence-corrected chi connectivity index (χ0v) is 11.8. The molecular formula is C13H20F3N3. The van der Waals surface area contributed by atoms with Gasteiger partial charge in [0.2, 0.25) is 0 Å². The van der Waals surface area contributed by atoms with E-state index in [4.69, 9.17) is 0 Å². The third-order valence-electron chi connectivity index (χ3n) is 3.07. The minimum Gasteiger partial charge on any atom is -0.373 e. The van der Waals surface area contributed by atoms with Crippen molar-refractivity contribution in [3.63, 3.8) is 0 Å². The van der Waals surface area contributed by atoms with Gasteiger partial charge >= 0.3 is 6.18 Å². The molecule has 1 heterocycles. The molecule has 0 saturated heterocycles. The summed E-state index contributed by atoms with van der Waals surface area (Å²) in [5.74, 6) is 0.417. The molecule has 0 bridgehead atoms. The van der Waals surface area contributed by atoms with Crippen LogP contribution < -0.4 is 10.6 Å². The summed E-state index contributed by atoms with van der Waals surface area (Å²) in [6.07, 6.45) is -4.38. The summed E-state index contributed by atoms with van der Waals surface area (Å²) < 4.78 is 38.3. The topological polar surface area (TPSA) is 37.0 Å². The molecule has 108 valence electrons. The molecule has 6 heteroatoms. The number of anilines is 2. The van der Waals surface area contributed by atoms with Gasteiger partial charge in [-0.15, -0.1) is 0 Å². The van der Waals surface area contributed by atoms with Crippen LogP contribution in [0.4, 0.5) is 24.8 Å². The van der Waals surface area contributed by atoms with Gasteiger partial charge in [0.25, 0.3) is 0 Å². The predicted molar refractivity (Wildman–Crippen MR) is 71.3 cm³/mol. The molecule has 0 radical (unpaired) electrons. The average molecular weight is 275 g/mol. The summed E-state index contributed by atoms with van der Waals surface area (Å²) in [5.41, 5.74) is -0.786. The quantitative estimate of drug-likeness (QED) is 0.875. The average Bonchev–Trinajstić information content (AvgIpc) is 2.26. The van der Waals surface area contributed by atoms with Gasteiger partial charge in [0.1, 0.15) is 11.6 Å². The predicted octanol–water partition coefficient (Wildman–Crippen LogP) is 3.99. The smallest absolute Gasteiger partial charge is 0.373 e. The Labute approximate surface area is 111 Å². The van der Waals surface area contributed by atoms with E-state index in [1.165, 1.54) is 0 Å². The zero-order valence-electron chi connectivity index (χ0n) is 11.8. The van der Waals surface area contributed by atoms with Crippen LogP contribution in [0.25, 0.3) is 0 Å². The first-order valence-corrected chi connectivity index (χ1v) is 6.07. The number of alkyl halides is 3. The SMILES string of the molecule is CNc1cc(C(F)(F)F)cc(NC(C)C(C)(C)C)n1. The molecule has 0 saturated carbocycles. The molecule has 1 aromatic rings. The van der Waals surface area contributed by atoms with Gasteiger partial charge < -0.3 is 10.6 Å². The molecular weight excluding hydrogens is 255 g/mol. The molecule has 1 unspecified atom stereocenters. The highest BCUT2D eigenvalue weighted by Gasteiger charge is 2.32. The van der Waals surface area contributed by atoms with Crippen LogP contribution in [-0.4, -0.2) is 18.1 Å². The van der Waals surface area contributed by atoms with Crippen molar-refractivity contribution >= 4 is 11.6 Å². The molecule has 1 aromatic heterocycles. The fraction of sp³-hybridized carbons (Fsp3) is 0.615. The summed E-state index contributed by atoms with van der Waals surface area (Å²) >= 11 is 0. The Morgan fingerprint density at radius 3 is 2.05 bits per heavy atom. The normalized spacial score (nSPS) is 14.1. The van der Waals surface area contributed by atoms with E-state index < -0.39 is 11.7 Å². The minimum atomic E-state index is -4.38. The molecule has 0 spiro atoms. The van der Waals surface area contributed by atoms with E-state index >= 15 is 0 Å². The third-order valence-corrected chi connectivity index (χ3v) is 3.07. The van der Waals surface area contributed by atoms with Crippen LogP contribution in [-0.2, 0) is 6.18 Å². The number of nitrogens with zero attached hydrogens (tertiary/aromatic N) is 1. The van der Waals surface area contributed by atoms with Crippen LogP contribution in [0.15, 0.2) is 12.1 Å². The standard InChI is InChI=1S/C13H20F3N3/c1-8(12(2,3)4)18-11-7-9(13(14,15)16)6-10(17-5)19-11/h6-8H,1-5H3,(H2,17,18,19). The number of rotatable bonds is 3. The molecule has 0 aromatic carbocycles. The van der Waals surface area contributed by atoms with Gasteiger partial charge in [0, 0.05) is 13.1 Å². The molecule has 0 amide bonds. The Morgan fingerprint density at radius 1 is 1.11 bits per heavy atom. The van der Waals surface area contributed by atoms with E-state index in [1.54, 1.807) is 7.05 Å². The number of pyridine rings is 1. The van der Waals surface area contributed by atoms with Gasteiger partial charge in [-0.05, 0) is 24.5 Å². The molecule has 19 heavy (non-hydrogen) atoms. The number of halogens is 3. The summed E-state index contributed by atoms with van der Waals surface area (Å²) in [5, 5.41) is 5.66. The molecule has 0 aliphatic rings. The van der Waals surface area contributed by atoms with E-state index in [9.17, 15) is 13.2 Å². The van der Waals surface area contributed by atoms with Gasteiger partial charge in [-0.2, -0.15) is 13.2 Å². The van der Waals surface area contributed by atoms with Crippen LogP contribution in [0.2, 0.25) is 0 Å². The number of hydrogen-bond donors (Lipinski definition) is 2. The zero-order chi connectivity index (χ0) is 14.8. The Balaban J connectivity index is 3.08. The third kappa shape index (κ3) is 4.29. The lowest BCUT2D eigenvalue weighted by molar-refractivity contribution is -0.137. The Hall–Kier alpha value is -1.46. The van der Waals surface area contributed by atoms with Crippen molar-refractivity contribution in [2.24, 2.45) is 5.41 Å². The Morgan fingerprint density at radius 2 is 1.63 bits per heavy atom. The molecule has 0 aliphatic carbocycles. The molecule has 0 fully saturated rings. The number of nitrogens with one attached hydrogen (secondary N) is 2. The van der Waals surface area contributed by atoms with Gasteiger partial charge in [-0.3, -0.25) is 0 Å². The van der Waals surface area contributed by atoms with Crippen LogP contribution in [0.1, 0.15) is 33.3 Å². The molecule has 3 nitrogen and oxygen atoms in total. The second kappa shape index (κ2) is 5.27. The summed E-state index contributed by atoms with van der Waals surface area (Å²) in [4.78, 5) is 4.10. The van der Waals surface area contributed by atoms with E-state index in [1.807, 2.05) is 27.7 Å². The maximum atomic E-state index is 12.8. The van der Waals surface area contributed by atoms with Crippen molar-refractivity contribution in [3.05, 3.63) is 17.7 Å². The first-order chi connectivity index (χ1) is 8.54.